The average molecular weight is 593 g/mol. The molecule has 43 heavy (non-hydrogen) atoms. The first-order valence-corrected chi connectivity index (χ1v) is 14.0. The smallest absolute Gasteiger partial charge is 0.270 e. The van der Waals surface area contributed by atoms with Gasteiger partial charge in [0.2, 0.25) is 0 Å². The van der Waals surface area contributed by atoms with E-state index in [1.807, 2.05) is 6.92 Å². The van der Waals surface area contributed by atoms with E-state index >= 15 is 0 Å². The quantitative estimate of drug-likeness (QED) is 0.160. The van der Waals surface area contributed by atoms with Gasteiger partial charge in [-0.15, -0.1) is 0 Å². The number of anilines is 2. The van der Waals surface area contributed by atoms with Crippen LogP contribution in [0.25, 0.3) is 11.1 Å². The van der Waals surface area contributed by atoms with Crippen LogP contribution in [-0.4, -0.2) is 29.3 Å². The van der Waals surface area contributed by atoms with Gasteiger partial charge in [0.25, 0.3) is 17.8 Å². The summed E-state index contributed by atoms with van der Waals surface area (Å²) in [6, 6.07) is 12.5. The number of alkyl halides is 4. The average Bonchev–Trinajstić information content (AvgIpc) is 3.63. The Labute approximate surface area is 247 Å². The van der Waals surface area contributed by atoms with Gasteiger partial charge in [0.15, 0.2) is 0 Å². The topological polar surface area (TPSA) is 107 Å². The number of aromatic nitrogens is 1. The monoisotopic (exact) mass is 592 g/mol. The number of hydrogen-bond donors (Lipinski definition) is 2. The van der Waals surface area contributed by atoms with E-state index in [0.29, 0.717) is 34.5 Å². The lowest BCUT2D eigenvalue weighted by Crippen LogP contribution is -2.26. The fraction of sp³-hybridized carbons (Fsp3) is 0.375. The molecule has 1 aliphatic carbocycles. The molecule has 5 rings (SSSR count). The van der Waals surface area contributed by atoms with E-state index < -0.39 is 23.3 Å². The predicted molar refractivity (Wildman–Crippen MR) is 158 cm³/mol. The molecule has 1 aliphatic heterocycles. The molecule has 1 fully saturated rings. The Morgan fingerprint density at radius 3 is 2.42 bits per heavy atom. The Morgan fingerprint density at radius 2 is 1.84 bits per heavy atom. The van der Waals surface area contributed by atoms with Crippen LogP contribution in [0.15, 0.2) is 47.5 Å². The van der Waals surface area contributed by atoms with Crippen molar-refractivity contribution >= 4 is 23.4 Å². The highest BCUT2D eigenvalue weighted by molar-refractivity contribution is 6.10. The fourth-order valence-corrected chi connectivity index (χ4v) is 5.44. The third-order valence-electron chi connectivity index (χ3n) is 8.09. The molecule has 224 valence electrons. The van der Waals surface area contributed by atoms with E-state index in [2.05, 4.69) is 21.4 Å². The second-order valence-corrected chi connectivity index (χ2v) is 11.4. The number of rotatable bonds is 9. The number of nitrogens with zero attached hydrogens (tertiary/aromatic N) is 4. The third-order valence-corrected chi connectivity index (χ3v) is 8.09. The summed E-state index contributed by atoms with van der Waals surface area (Å²) in [6.07, 6.45) is 2.13. The number of benzene rings is 2. The standard InChI is InChI=1S/C32H32F4N6O/c1-5-18-12-23-24(25(13-18)31(3,35)36)17-42(29(23)43)27-15-19(14-26(40-27)41-32(8-9-32)10-11-37)22-16-20(30(2,33)34)6-7-21(22)28(38)39-4/h6-7,12-16H,5,8-10,17H2,1-4H3,(H2,38,39)(H,40,41). The van der Waals surface area contributed by atoms with Crippen LogP contribution in [0.5, 0.6) is 0 Å². The molecule has 2 heterocycles. The summed E-state index contributed by atoms with van der Waals surface area (Å²) in [7, 11) is 1.48. The molecule has 1 saturated carbocycles. The first-order valence-electron chi connectivity index (χ1n) is 14.0. The SMILES string of the molecule is CCc1cc2c(c(C(C)(F)F)c1)CN(c1cc(-c3cc(C(C)(F)F)ccc3C(N)=NC)cc(NC3(CC#N)CC3)n1)C2=O. The minimum atomic E-state index is -3.18. The maximum Gasteiger partial charge on any atom is 0.270 e. The molecule has 0 bridgehead atoms. The number of carbonyl (C=O) groups excluding carboxylic acids is 1. The molecule has 7 nitrogen and oxygen atoms in total. The number of amides is 1. The van der Waals surface area contributed by atoms with Gasteiger partial charge in [0, 0.05) is 43.1 Å². The number of nitriles is 1. The van der Waals surface area contributed by atoms with Crippen molar-refractivity contribution in [1.29, 1.82) is 5.26 Å². The van der Waals surface area contributed by atoms with Crippen LogP contribution in [0, 0.1) is 11.3 Å². The van der Waals surface area contributed by atoms with Crippen molar-refractivity contribution in [3.63, 3.8) is 0 Å². The van der Waals surface area contributed by atoms with Crippen LogP contribution in [0.2, 0.25) is 0 Å². The summed E-state index contributed by atoms with van der Waals surface area (Å²) >= 11 is 0. The van der Waals surface area contributed by atoms with Gasteiger partial charge < -0.3 is 11.1 Å². The van der Waals surface area contributed by atoms with Gasteiger partial charge in [-0.3, -0.25) is 14.7 Å². The zero-order chi connectivity index (χ0) is 31.3. The molecule has 3 aromatic rings. The van der Waals surface area contributed by atoms with Crippen LogP contribution < -0.4 is 16.0 Å². The van der Waals surface area contributed by atoms with Crippen molar-refractivity contribution < 1.29 is 22.4 Å². The Kier molecular flexibility index (Phi) is 7.45. The second-order valence-electron chi connectivity index (χ2n) is 11.4. The van der Waals surface area contributed by atoms with Gasteiger partial charge in [0.05, 0.1) is 24.6 Å². The highest BCUT2D eigenvalue weighted by Crippen LogP contribution is 2.44. The molecular formula is C32H32F4N6O. The van der Waals surface area contributed by atoms with Crippen LogP contribution >= 0.6 is 0 Å². The highest BCUT2D eigenvalue weighted by atomic mass is 19.3. The molecule has 0 atom stereocenters. The molecule has 3 N–H and O–H groups in total. The second kappa shape index (κ2) is 10.7. The summed E-state index contributed by atoms with van der Waals surface area (Å²) in [4.78, 5) is 23.8. The number of aryl methyl sites for hydroxylation is 1. The maximum absolute atomic E-state index is 14.7. The number of fused-ring (bicyclic) bond motifs is 1. The van der Waals surface area contributed by atoms with Crippen LogP contribution in [-0.2, 0) is 24.8 Å². The first-order chi connectivity index (χ1) is 20.2. The van der Waals surface area contributed by atoms with Gasteiger partial charge in [-0.25, -0.2) is 22.5 Å². The Hall–Kier alpha value is -4.46. The normalized spacial score (nSPS) is 16.2. The van der Waals surface area contributed by atoms with Gasteiger partial charge in [-0.2, -0.15) is 5.26 Å². The molecule has 2 aromatic carbocycles. The molecular weight excluding hydrogens is 560 g/mol. The van der Waals surface area contributed by atoms with Crippen molar-refractivity contribution in [3.8, 4) is 17.2 Å². The lowest BCUT2D eigenvalue weighted by Gasteiger charge is -2.22. The van der Waals surface area contributed by atoms with Gasteiger partial charge in [-0.05, 0) is 71.8 Å². The van der Waals surface area contributed by atoms with Crippen molar-refractivity contribution in [2.24, 2.45) is 10.7 Å². The van der Waals surface area contributed by atoms with Crippen LogP contribution in [0.3, 0.4) is 0 Å². The summed E-state index contributed by atoms with van der Waals surface area (Å²) in [5.41, 5.74) is 7.33. The van der Waals surface area contributed by atoms with E-state index in [1.165, 1.54) is 36.2 Å². The summed E-state index contributed by atoms with van der Waals surface area (Å²) in [5.74, 6) is -6.26. The lowest BCUT2D eigenvalue weighted by atomic mass is 9.95. The fourth-order valence-electron chi connectivity index (χ4n) is 5.44. The molecule has 0 saturated heterocycles. The van der Waals surface area contributed by atoms with Crippen molar-refractivity contribution in [1.82, 2.24) is 4.98 Å². The zero-order valence-corrected chi connectivity index (χ0v) is 24.4. The number of amidine groups is 1. The molecule has 11 heteroatoms. The summed E-state index contributed by atoms with van der Waals surface area (Å²) in [6.45, 7) is 3.27. The van der Waals surface area contributed by atoms with Gasteiger partial charge in [-0.1, -0.05) is 19.1 Å². The molecule has 0 spiro atoms. The van der Waals surface area contributed by atoms with E-state index in [0.717, 1.165) is 26.7 Å². The highest BCUT2D eigenvalue weighted by Gasteiger charge is 2.43. The summed E-state index contributed by atoms with van der Waals surface area (Å²) < 4.78 is 58.3. The number of pyridine rings is 1. The van der Waals surface area contributed by atoms with Gasteiger partial charge >= 0.3 is 0 Å². The first kappa shape index (κ1) is 30.0. The number of hydrogen-bond acceptors (Lipinski definition) is 5. The minimum Gasteiger partial charge on any atom is -0.383 e. The van der Waals surface area contributed by atoms with E-state index in [4.69, 9.17) is 5.73 Å². The molecule has 2 aliphatic rings. The summed E-state index contributed by atoms with van der Waals surface area (Å²) in [5, 5.41) is 12.7. The van der Waals surface area contributed by atoms with E-state index in [1.54, 1.807) is 18.2 Å². The Balaban J connectivity index is 1.69. The minimum absolute atomic E-state index is 0.114. The van der Waals surface area contributed by atoms with E-state index in [9.17, 15) is 27.6 Å². The van der Waals surface area contributed by atoms with Gasteiger partial charge in [0.1, 0.15) is 17.5 Å². The largest absolute Gasteiger partial charge is 0.383 e. The number of aliphatic imine (C=N–C) groups is 1. The van der Waals surface area contributed by atoms with Crippen LogP contribution in [0.1, 0.15) is 78.2 Å². The van der Waals surface area contributed by atoms with Crippen molar-refractivity contribution in [3.05, 3.63) is 75.8 Å². The van der Waals surface area contributed by atoms with Crippen molar-refractivity contribution in [2.75, 3.05) is 17.3 Å². The maximum atomic E-state index is 14.7. The number of nitrogens with one attached hydrogen (secondary N) is 1. The van der Waals surface area contributed by atoms with Crippen molar-refractivity contribution in [2.45, 2.75) is 70.4 Å². The third kappa shape index (κ3) is 5.78. The lowest BCUT2D eigenvalue weighted by molar-refractivity contribution is 0.0162. The Bertz CT molecular complexity index is 1680. The number of halogens is 4. The molecule has 1 amide bonds. The molecule has 0 radical (unpaired) electrons. The number of nitrogens with two attached hydrogens (primary N) is 1. The predicted octanol–water partition coefficient (Wildman–Crippen LogP) is 6.89. The van der Waals surface area contributed by atoms with E-state index in [-0.39, 0.29) is 46.9 Å². The Morgan fingerprint density at radius 1 is 1.12 bits per heavy atom. The zero-order valence-electron chi connectivity index (χ0n) is 24.4. The number of carbonyl (C=O) groups is 1. The molecule has 0 unspecified atom stereocenters. The molecule has 1 aromatic heterocycles. The van der Waals surface area contributed by atoms with Crippen LogP contribution in [0.4, 0.5) is 29.2 Å².